The first kappa shape index (κ1) is 10.6. The summed E-state index contributed by atoms with van der Waals surface area (Å²) < 4.78 is 0. The Hall–Kier alpha value is -2.55. The van der Waals surface area contributed by atoms with Crippen molar-refractivity contribution < 1.29 is 0 Å². The van der Waals surface area contributed by atoms with Gasteiger partial charge in [-0.3, -0.25) is 4.98 Å². The predicted molar refractivity (Wildman–Crippen MR) is 72.4 cm³/mol. The molecule has 0 saturated carbocycles. The standard InChI is InChI=1S/C15H11N3/c1-2-6-13(7-3-1)17-18-14-9-8-12-5-4-10-16-15(12)11-14/h1-11H. The van der Waals surface area contributed by atoms with Gasteiger partial charge in [-0.1, -0.05) is 30.3 Å². The highest BCUT2D eigenvalue weighted by Gasteiger charge is 1.95. The molecule has 3 heteroatoms. The molecule has 0 N–H and O–H groups in total. The first-order chi connectivity index (χ1) is 8.92. The van der Waals surface area contributed by atoms with Crippen molar-refractivity contribution in [2.24, 2.45) is 10.2 Å². The van der Waals surface area contributed by atoms with Crippen molar-refractivity contribution in [2.45, 2.75) is 0 Å². The van der Waals surface area contributed by atoms with Crippen LogP contribution in [0.1, 0.15) is 0 Å². The van der Waals surface area contributed by atoms with Crippen LogP contribution in [0.4, 0.5) is 11.4 Å². The van der Waals surface area contributed by atoms with Gasteiger partial charge in [0.15, 0.2) is 0 Å². The molecule has 0 aliphatic carbocycles. The Morgan fingerprint density at radius 2 is 1.56 bits per heavy atom. The van der Waals surface area contributed by atoms with Gasteiger partial charge in [-0.2, -0.15) is 10.2 Å². The molecule has 0 atom stereocenters. The summed E-state index contributed by atoms with van der Waals surface area (Å²) in [7, 11) is 0. The maximum absolute atomic E-state index is 4.30. The molecule has 1 heterocycles. The van der Waals surface area contributed by atoms with Crippen LogP contribution in [-0.2, 0) is 0 Å². The maximum Gasteiger partial charge on any atom is 0.0879 e. The van der Waals surface area contributed by atoms with Crippen LogP contribution in [0.15, 0.2) is 77.1 Å². The van der Waals surface area contributed by atoms with E-state index in [9.17, 15) is 0 Å². The van der Waals surface area contributed by atoms with E-state index in [2.05, 4.69) is 15.2 Å². The number of rotatable bonds is 2. The molecule has 0 aliphatic heterocycles. The van der Waals surface area contributed by atoms with Crippen molar-refractivity contribution in [3.8, 4) is 0 Å². The SMILES string of the molecule is c1ccc(N=Nc2ccc3cccnc3c2)cc1. The molecular formula is C15H11N3. The molecule has 18 heavy (non-hydrogen) atoms. The zero-order valence-electron chi connectivity index (χ0n) is 9.69. The van der Waals surface area contributed by atoms with Crippen molar-refractivity contribution in [3.63, 3.8) is 0 Å². The molecule has 3 aromatic rings. The van der Waals surface area contributed by atoms with Gasteiger partial charge in [-0.25, -0.2) is 0 Å². The van der Waals surface area contributed by atoms with Crippen LogP contribution in [0.5, 0.6) is 0 Å². The highest BCUT2D eigenvalue weighted by atomic mass is 15.1. The Kier molecular flexibility index (Phi) is 2.80. The van der Waals surface area contributed by atoms with Crippen LogP contribution in [-0.4, -0.2) is 4.98 Å². The highest BCUT2D eigenvalue weighted by Crippen LogP contribution is 2.21. The Labute approximate surface area is 105 Å². The van der Waals surface area contributed by atoms with E-state index in [1.165, 1.54) is 0 Å². The summed E-state index contributed by atoms with van der Waals surface area (Å²) in [5, 5.41) is 9.50. The van der Waals surface area contributed by atoms with Gasteiger partial charge < -0.3 is 0 Å². The number of hydrogen-bond acceptors (Lipinski definition) is 3. The summed E-state index contributed by atoms with van der Waals surface area (Å²) in [6.45, 7) is 0. The van der Waals surface area contributed by atoms with Crippen molar-refractivity contribution in [1.82, 2.24) is 4.98 Å². The number of azo groups is 1. The lowest BCUT2D eigenvalue weighted by Crippen LogP contribution is -1.75. The fourth-order valence-electron chi connectivity index (χ4n) is 1.73. The van der Waals surface area contributed by atoms with Crippen molar-refractivity contribution in [1.29, 1.82) is 0 Å². The van der Waals surface area contributed by atoms with Crippen LogP contribution in [0, 0.1) is 0 Å². The zero-order chi connectivity index (χ0) is 12.2. The summed E-state index contributed by atoms with van der Waals surface area (Å²) in [6.07, 6.45) is 1.78. The third-order valence-corrected chi connectivity index (χ3v) is 2.63. The molecular weight excluding hydrogens is 222 g/mol. The van der Waals surface area contributed by atoms with E-state index in [0.717, 1.165) is 22.3 Å². The van der Waals surface area contributed by atoms with Crippen LogP contribution in [0.2, 0.25) is 0 Å². The largest absolute Gasteiger partial charge is 0.256 e. The Morgan fingerprint density at radius 3 is 2.44 bits per heavy atom. The smallest absolute Gasteiger partial charge is 0.0879 e. The predicted octanol–water partition coefficient (Wildman–Crippen LogP) is 4.65. The van der Waals surface area contributed by atoms with E-state index in [1.54, 1.807) is 6.20 Å². The van der Waals surface area contributed by atoms with Crippen molar-refractivity contribution >= 4 is 22.3 Å². The molecule has 3 nitrogen and oxygen atoms in total. The fraction of sp³-hybridized carbons (Fsp3) is 0. The first-order valence-electron chi connectivity index (χ1n) is 5.73. The summed E-state index contributed by atoms with van der Waals surface area (Å²) in [5.41, 5.74) is 2.59. The van der Waals surface area contributed by atoms with E-state index < -0.39 is 0 Å². The second-order valence-corrected chi connectivity index (χ2v) is 3.92. The monoisotopic (exact) mass is 233 g/mol. The Morgan fingerprint density at radius 1 is 0.722 bits per heavy atom. The maximum atomic E-state index is 4.30. The summed E-state index contributed by atoms with van der Waals surface area (Å²) in [4.78, 5) is 4.30. The molecule has 0 fully saturated rings. The normalized spacial score (nSPS) is 11.1. The van der Waals surface area contributed by atoms with Gasteiger partial charge in [0.2, 0.25) is 0 Å². The highest BCUT2D eigenvalue weighted by molar-refractivity contribution is 5.81. The minimum atomic E-state index is 0.810. The van der Waals surface area contributed by atoms with E-state index in [0.29, 0.717) is 0 Å². The molecule has 3 rings (SSSR count). The van der Waals surface area contributed by atoms with Gasteiger partial charge in [0.05, 0.1) is 16.9 Å². The number of fused-ring (bicyclic) bond motifs is 1. The van der Waals surface area contributed by atoms with Gasteiger partial charge in [0, 0.05) is 11.6 Å². The fourth-order valence-corrected chi connectivity index (χ4v) is 1.73. The first-order valence-corrected chi connectivity index (χ1v) is 5.73. The van der Waals surface area contributed by atoms with E-state index in [4.69, 9.17) is 0 Å². The lowest BCUT2D eigenvalue weighted by molar-refractivity contribution is 1.23. The van der Waals surface area contributed by atoms with Gasteiger partial charge in [0.1, 0.15) is 0 Å². The second kappa shape index (κ2) is 4.75. The zero-order valence-corrected chi connectivity index (χ0v) is 9.69. The molecule has 0 saturated heterocycles. The minimum absolute atomic E-state index is 0.810. The number of benzene rings is 2. The number of nitrogens with zero attached hydrogens (tertiary/aromatic N) is 3. The third kappa shape index (κ3) is 2.25. The quantitative estimate of drug-likeness (QED) is 0.593. The molecule has 0 radical (unpaired) electrons. The minimum Gasteiger partial charge on any atom is -0.256 e. The average molecular weight is 233 g/mol. The van der Waals surface area contributed by atoms with Gasteiger partial charge in [-0.15, -0.1) is 0 Å². The van der Waals surface area contributed by atoms with Crippen LogP contribution in [0.25, 0.3) is 10.9 Å². The molecule has 0 aliphatic rings. The summed E-state index contributed by atoms with van der Waals surface area (Å²) in [6, 6.07) is 19.5. The summed E-state index contributed by atoms with van der Waals surface area (Å²) >= 11 is 0. The second-order valence-electron chi connectivity index (χ2n) is 3.92. The molecule has 86 valence electrons. The Bertz CT molecular complexity index is 690. The third-order valence-electron chi connectivity index (χ3n) is 2.63. The number of pyridine rings is 1. The van der Waals surface area contributed by atoms with Gasteiger partial charge >= 0.3 is 0 Å². The molecule has 0 amide bonds. The molecule has 1 aromatic heterocycles. The van der Waals surface area contributed by atoms with E-state index in [1.807, 2.05) is 60.7 Å². The van der Waals surface area contributed by atoms with Gasteiger partial charge in [-0.05, 0) is 30.3 Å². The van der Waals surface area contributed by atoms with Crippen LogP contribution < -0.4 is 0 Å². The molecule has 0 unspecified atom stereocenters. The van der Waals surface area contributed by atoms with E-state index >= 15 is 0 Å². The topological polar surface area (TPSA) is 37.6 Å². The van der Waals surface area contributed by atoms with E-state index in [-0.39, 0.29) is 0 Å². The number of aromatic nitrogens is 1. The van der Waals surface area contributed by atoms with Crippen LogP contribution >= 0.6 is 0 Å². The Balaban J connectivity index is 1.93. The molecule has 0 bridgehead atoms. The van der Waals surface area contributed by atoms with Gasteiger partial charge in [0.25, 0.3) is 0 Å². The van der Waals surface area contributed by atoms with Crippen molar-refractivity contribution in [2.75, 3.05) is 0 Å². The number of hydrogen-bond donors (Lipinski definition) is 0. The van der Waals surface area contributed by atoms with Crippen LogP contribution in [0.3, 0.4) is 0 Å². The molecule has 2 aromatic carbocycles. The van der Waals surface area contributed by atoms with Crippen molar-refractivity contribution in [3.05, 3.63) is 66.9 Å². The summed E-state index contributed by atoms with van der Waals surface area (Å²) in [5.74, 6) is 0. The average Bonchev–Trinajstić information content (AvgIpc) is 2.46. The molecule has 0 spiro atoms. The lowest BCUT2D eigenvalue weighted by Gasteiger charge is -1.97. The lowest BCUT2D eigenvalue weighted by atomic mass is 10.2.